The van der Waals surface area contributed by atoms with Crippen LogP contribution in [0.25, 0.3) is 0 Å². The van der Waals surface area contributed by atoms with Crippen LogP contribution in [-0.4, -0.2) is 41.1 Å². The van der Waals surface area contributed by atoms with Gasteiger partial charge in [0.25, 0.3) is 0 Å². The molecule has 0 bridgehead atoms. The van der Waals surface area contributed by atoms with Crippen molar-refractivity contribution in [3.63, 3.8) is 0 Å². The van der Waals surface area contributed by atoms with Crippen LogP contribution in [0.1, 0.15) is 0 Å². The quantitative estimate of drug-likeness (QED) is 0.312. The predicted molar refractivity (Wildman–Crippen MR) is 51.5 cm³/mol. The Kier molecular flexibility index (Phi) is 3.20. The van der Waals surface area contributed by atoms with Gasteiger partial charge in [0.15, 0.2) is 0 Å². The molecule has 0 amide bonds. The Morgan fingerprint density at radius 1 is 1.00 bits per heavy atom. The van der Waals surface area contributed by atoms with Gasteiger partial charge < -0.3 is 33.4 Å². The van der Waals surface area contributed by atoms with Crippen molar-refractivity contribution in [1.29, 1.82) is 0 Å². The van der Waals surface area contributed by atoms with Gasteiger partial charge in [0, 0.05) is 12.2 Å². The van der Waals surface area contributed by atoms with Crippen LogP contribution in [-0.2, 0) is 25.6 Å². The minimum atomic E-state index is 0.228. The van der Waals surface area contributed by atoms with E-state index in [-0.39, 0.29) is 7.78 Å². The van der Waals surface area contributed by atoms with Crippen molar-refractivity contribution in [2.45, 2.75) is 0 Å². The highest BCUT2D eigenvalue weighted by molar-refractivity contribution is 7.80. The molecule has 0 aliphatic rings. The molecule has 0 unspecified atom stereocenters. The second-order valence-electron chi connectivity index (χ2n) is 2.98. The molecule has 0 aromatic rings. The first-order chi connectivity index (χ1) is 4.15. The molecule has 60 valence electrons. The summed E-state index contributed by atoms with van der Waals surface area (Å²) in [6.07, 6.45) is 0. The average Bonchev–Trinajstić information content (AvgIpc) is 1.59. The monoisotopic (exact) mass is 196 g/mol. The first kappa shape index (κ1) is 10.7. The molecular formula is C5H12N2S3. The molecule has 0 aliphatic carbocycles. The highest BCUT2D eigenvalue weighted by atomic mass is 32.1. The summed E-state index contributed by atoms with van der Waals surface area (Å²) in [7, 11) is 7.35. The van der Waals surface area contributed by atoms with Crippen LogP contribution in [0.5, 0.6) is 0 Å². The number of thiocarbonyl (C=S) groups is 1. The van der Waals surface area contributed by atoms with Gasteiger partial charge in [0.2, 0.25) is 0 Å². The van der Waals surface area contributed by atoms with Crippen LogP contribution in [0.4, 0.5) is 0 Å². The van der Waals surface area contributed by atoms with Crippen molar-refractivity contribution in [1.82, 2.24) is 0 Å². The molecule has 5 heteroatoms. The molecular weight excluding hydrogens is 184 g/mol. The molecule has 2 nitrogen and oxygen atoms in total. The van der Waals surface area contributed by atoms with E-state index in [1.807, 2.05) is 28.2 Å². The van der Waals surface area contributed by atoms with E-state index in [1.165, 1.54) is 0 Å². The third kappa shape index (κ3) is 3.21. The summed E-state index contributed by atoms with van der Waals surface area (Å²) in [6, 6.07) is 0. The molecule has 0 spiro atoms. The smallest absolute Gasteiger partial charge is 0.327 e. The Balaban J connectivity index is 4.40. The van der Waals surface area contributed by atoms with Gasteiger partial charge in [-0.2, -0.15) is 0 Å². The van der Waals surface area contributed by atoms with Gasteiger partial charge in [0.1, 0.15) is 0 Å². The summed E-state index contributed by atoms with van der Waals surface area (Å²) in [5.41, 5.74) is 0. The fourth-order valence-corrected chi connectivity index (χ4v) is 1.04. The molecule has 0 aromatic heterocycles. The van der Waals surface area contributed by atoms with E-state index in [0.29, 0.717) is 5.11 Å². The number of nitrogens with zero attached hydrogens (tertiary/aromatic N) is 2. The Labute approximate surface area is 79.1 Å². The first-order valence-electron chi connectivity index (χ1n) is 2.81. The predicted octanol–water partition coefficient (Wildman–Crippen LogP) is 0.348. The number of quaternary nitrogens is 2. The van der Waals surface area contributed by atoms with Crippen LogP contribution in [0, 0.1) is 0 Å². The summed E-state index contributed by atoms with van der Waals surface area (Å²) < 4.78 is 0.456. The third-order valence-corrected chi connectivity index (χ3v) is 2.41. The first-order valence-corrected chi connectivity index (χ1v) is 3.94. The summed E-state index contributed by atoms with van der Waals surface area (Å²) in [5.74, 6) is 0. The lowest BCUT2D eigenvalue weighted by Gasteiger charge is -2.44. The maximum absolute atomic E-state index is 5.07. The van der Waals surface area contributed by atoms with E-state index < -0.39 is 0 Å². The van der Waals surface area contributed by atoms with Crippen molar-refractivity contribution >= 4 is 43.0 Å². The van der Waals surface area contributed by atoms with Crippen LogP contribution in [0.3, 0.4) is 0 Å². The van der Waals surface area contributed by atoms with Gasteiger partial charge in [-0.3, -0.25) is 0 Å². The van der Waals surface area contributed by atoms with Gasteiger partial charge >= 0.3 is 5.11 Å². The fourth-order valence-electron chi connectivity index (χ4n) is 0.580. The second-order valence-corrected chi connectivity index (χ2v) is 5.18. The zero-order valence-corrected chi connectivity index (χ0v) is 9.07. The molecule has 0 fully saturated rings. The lowest BCUT2D eigenvalue weighted by Crippen LogP contribution is -2.54. The van der Waals surface area contributed by atoms with Crippen LogP contribution >= 0.6 is 12.2 Å². The number of rotatable bonds is 0. The Morgan fingerprint density at radius 2 is 1.20 bits per heavy atom. The van der Waals surface area contributed by atoms with Crippen molar-refractivity contribution in [2.24, 2.45) is 0 Å². The minimum absolute atomic E-state index is 0.228. The Hall–Kier alpha value is 0.710. The number of hydrogen-bond donors (Lipinski definition) is 0. The molecule has 0 aromatic carbocycles. The topological polar surface area (TPSA) is 0 Å². The van der Waals surface area contributed by atoms with Gasteiger partial charge in [-0.1, -0.05) is 0 Å². The molecule has 0 atom stereocenters. The van der Waals surface area contributed by atoms with Crippen molar-refractivity contribution in [2.75, 3.05) is 28.2 Å². The summed E-state index contributed by atoms with van der Waals surface area (Å²) in [4.78, 5) is 0. The zero-order valence-electron chi connectivity index (χ0n) is 6.62. The van der Waals surface area contributed by atoms with E-state index in [9.17, 15) is 0 Å². The van der Waals surface area contributed by atoms with Crippen LogP contribution < -0.4 is 0 Å². The van der Waals surface area contributed by atoms with Crippen LogP contribution in [0.15, 0.2) is 0 Å². The Bertz CT molecular complexity index is 126. The molecule has 0 heterocycles. The highest BCUT2D eigenvalue weighted by Gasteiger charge is 2.19. The van der Waals surface area contributed by atoms with E-state index >= 15 is 0 Å². The van der Waals surface area contributed by atoms with E-state index in [1.54, 1.807) is 0 Å². The van der Waals surface area contributed by atoms with Gasteiger partial charge in [-0.25, -0.2) is 0 Å². The molecule has 0 radical (unpaired) electrons. The molecule has 0 saturated heterocycles. The summed E-state index contributed by atoms with van der Waals surface area (Å²) in [5, 5.41) is 0.657. The molecule has 0 saturated carbocycles. The standard InChI is InChI=1S/C5H12N2S3/c1-6(2,9)5(8)7(3,4)10/h1-4H3. The van der Waals surface area contributed by atoms with Crippen molar-refractivity contribution < 1.29 is 7.78 Å². The second kappa shape index (κ2) is 2.98. The van der Waals surface area contributed by atoms with Crippen molar-refractivity contribution in [3.05, 3.63) is 0 Å². The Morgan fingerprint density at radius 3 is 1.20 bits per heavy atom. The van der Waals surface area contributed by atoms with E-state index in [4.69, 9.17) is 37.8 Å². The maximum Gasteiger partial charge on any atom is 0.327 e. The number of hydrogen-bond acceptors (Lipinski definition) is 3. The van der Waals surface area contributed by atoms with E-state index in [0.717, 1.165) is 0 Å². The van der Waals surface area contributed by atoms with Gasteiger partial charge in [-0.15, -0.1) is 0 Å². The fraction of sp³-hybridized carbons (Fsp3) is 0.800. The minimum Gasteiger partial charge on any atom is -0.482 e. The molecule has 0 rings (SSSR count). The molecule has 0 N–H and O–H groups in total. The van der Waals surface area contributed by atoms with Crippen molar-refractivity contribution in [3.8, 4) is 0 Å². The van der Waals surface area contributed by atoms with Crippen LogP contribution in [0.2, 0.25) is 0 Å². The van der Waals surface area contributed by atoms with E-state index in [2.05, 4.69) is 0 Å². The van der Waals surface area contributed by atoms with Gasteiger partial charge in [0.05, 0.1) is 28.2 Å². The zero-order chi connectivity index (χ0) is 8.58. The lowest BCUT2D eigenvalue weighted by molar-refractivity contribution is -0.777. The SMILES string of the molecule is C[N+](C)([S-])C(=S)[N+](C)(C)[S-]. The summed E-state index contributed by atoms with van der Waals surface area (Å²) in [6.45, 7) is 0. The average molecular weight is 196 g/mol. The maximum atomic E-state index is 5.07. The normalized spacial score (nSPS) is 13.4. The third-order valence-electron chi connectivity index (χ3n) is 0.921. The molecule has 0 aliphatic heterocycles. The highest BCUT2D eigenvalue weighted by Crippen LogP contribution is 2.06. The largest absolute Gasteiger partial charge is 0.482 e. The molecule has 10 heavy (non-hydrogen) atoms. The van der Waals surface area contributed by atoms with Gasteiger partial charge in [-0.05, 0) is 0 Å². The summed E-state index contributed by atoms with van der Waals surface area (Å²) >= 11 is 15.2. The lowest BCUT2D eigenvalue weighted by atomic mass is 10.8.